The molecule has 7 heteroatoms. The molecule has 5 nitrogen and oxygen atoms in total. The van der Waals surface area contributed by atoms with E-state index in [0.29, 0.717) is 25.8 Å². The van der Waals surface area contributed by atoms with E-state index in [4.69, 9.17) is 18.4 Å². The molecule has 0 radical (unpaired) electrons. The van der Waals surface area contributed by atoms with E-state index in [-0.39, 0.29) is 18.3 Å². The summed E-state index contributed by atoms with van der Waals surface area (Å²) >= 11 is 0. The van der Waals surface area contributed by atoms with Gasteiger partial charge in [0.2, 0.25) is 0 Å². The molecule has 0 atom stereocenters. The van der Waals surface area contributed by atoms with Gasteiger partial charge in [0, 0.05) is 0 Å². The van der Waals surface area contributed by atoms with Crippen molar-refractivity contribution in [2.45, 2.75) is 59.2 Å². The van der Waals surface area contributed by atoms with E-state index in [0.717, 1.165) is 11.0 Å². The van der Waals surface area contributed by atoms with Crippen LogP contribution < -0.4 is 5.46 Å². The van der Waals surface area contributed by atoms with Gasteiger partial charge in [-0.15, -0.1) is 0 Å². The van der Waals surface area contributed by atoms with Crippen LogP contribution in [0.2, 0.25) is 0 Å². The number of benzene rings is 1. The number of hydrogen-bond donors (Lipinski definition) is 0. The van der Waals surface area contributed by atoms with Crippen LogP contribution in [0.25, 0.3) is 0 Å². The monoisotopic (exact) mass is 368 g/mol. The smallest absolute Gasteiger partial charge is 0.399 e. The minimum absolute atomic E-state index is 0.349. The average Bonchev–Trinajstić information content (AvgIpc) is 2.75. The minimum Gasteiger partial charge on any atom is -0.399 e. The molecule has 1 aromatic rings. The Morgan fingerprint density at radius 3 is 1.88 bits per heavy atom. The van der Waals surface area contributed by atoms with Crippen LogP contribution in [0.5, 0.6) is 0 Å². The first-order chi connectivity index (χ1) is 11.6. The zero-order chi connectivity index (χ0) is 18.7. The highest BCUT2D eigenvalue weighted by atomic mass is 31.2. The molecule has 1 aliphatic rings. The Kier molecular flexibility index (Phi) is 6.56. The predicted octanol–water partition coefficient (Wildman–Crippen LogP) is 3.79. The Labute approximate surface area is 152 Å². The zero-order valence-electron chi connectivity index (χ0n) is 16.2. The van der Waals surface area contributed by atoms with Crippen molar-refractivity contribution in [2.24, 2.45) is 0 Å². The van der Waals surface area contributed by atoms with Gasteiger partial charge in [-0.05, 0) is 59.0 Å². The summed E-state index contributed by atoms with van der Waals surface area (Å²) in [4.78, 5) is 0. The highest BCUT2D eigenvalue weighted by Crippen LogP contribution is 2.48. The van der Waals surface area contributed by atoms with Crippen molar-refractivity contribution < 1.29 is 22.9 Å². The molecule has 1 saturated heterocycles. The van der Waals surface area contributed by atoms with E-state index in [2.05, 4.69) is 0 Å². The molecule has 0 unspecified atom stereocenters. The molecule has 0 aliphatic carbocycles. The first-order valence-corrected chi connectivity index (χ1v) is 10.7. The lowest BCUT2D eigenvalue weighted by atomic mass is 9.79. The lowest BCUT2D eigenvalue weighted by molar-refractivity contribution is 0.00578. The maximum atomic E-state index is 12.5. The summed E-state index contributed by atoms with van der Waals surface area (Å²) in [7, 11) is -3.37. The van der Waals surface area contributed by atoms with E-state index >= 15 is 0 Å². The second-order valence-electron chi connectivity index (χ2n) is 7.25. The molecule has 1 aromatic carbocycles. The molecule has 25 heavy (non-hydrogen) atoms. The second-order valence-corrected chi connectivity index (χ2v) is 9.44. The summed E-state index contributed by atoms with van der Waals surface area (Å²) in [6, 6.07) is 8.04. The SMILES string of the molecule is CCOP(=O)(CCc1ccc(B2OC(C)(C)C(C)(C)O2)cc1)OCC. The van der Waals surface area contributed by atoms with Gasteiger partial charge < -0.3 is 18.4 Å². The molecule has 1 aliphatic heterocycles. The van der Waals surface area contributed by atoms with Gasteiger partial charge in [-0.2, -0.15) is 0 Å². The van der Waals surface area contributed by atoms with E-state index < -0.39 is 7.60 Å². The summed E-state index contributed by atoms with van der Waals surface area (Å²) in [5.74, 6) is 0. The van der Waals surface area contributed by atoms with Crippen molar-refractivity contribution in [3.63, 3.8) is 0 Å². The molecule has 1 fully saturated rings. The van der Waals surface area contributed by atoms with E-state index in [1.165, 1.54) is 0 Å². The van der Waals surface area contributed by atoms with E-state index in [9.17, 15) is 4.57 Å². The van der Waals surface area contributed by atoms with Crippen LogP contribution in [0.3, 0.4) is 0 Å². The van der Waals surface area contributed by atoms with Gasteiger partial charge in [0.15, 0.2) is 0 Å². The first kappa shape index (κ1) is 20.7. The van der Waals surface area contributed by atoms with Crippen molar-refractivity contribution in [1.29, 1.82) is 0 Å². The number of hydrogen-bond acceptors (Lipinski definition) is 5. The summed E-state index contributed by atoms with van der Waals surface area (Å²) in [6.07, 6.45) is 1.02. The minimum atomic E-state index is -3.00. The highest BCUT2D eigenvalue weighted by Gasteiger charge is 2.51. The summed E-state index contributed by atoms with van der Waals surface area (Å²) in [5, 5.41) is 0. The molecule has 0 bridgehead atoms. The molecular weight excluding hydrogens is 338 g/mol. The number of aryl methyl sites for hydroxylation is 1. The van der Waals surface area contributed by atoms with E-state index in [1.54, 1.807) is 0 Å². The van der Waals surface area contributed by atoms with Gasteiger partial charge in [-0.1, -0.05) is 24.3 Å². The van der Waals surface area contributed by atoms with Crippen LogP contribution >= 0.6 is 7.60 Å². The maximum Gasteiger partial charge on any atom is 0.494 e. The standard InChI is InChI=1S/C18H30BO5P/c1-7-21-25(20,22-8-2)14-13-15-9-11-16(12-10-15)19-23-17(3,4)18(5,6)24-19/h9-12H,7-8,13-14H2,1-6H3. The van der Waals surface area contributed by atoms with E-state index in [1.807, 2.05) is 65.8 Å². The fourth-order valence-corrected chi connectivity index (χ4v) is 4.30. The van der Waals surface area contributed by atoms with Crippen LogP contribution in [0.4, 0.5) is 0 Å². The Hall–Kier alpha value is -0.645. The second kappa shape index (κ2) is 7.93. The molecule has 1 heterocycles. The van der Waals surface area contributed by atoms with Crippen molar-refractivity contribution in [3.05, 3.63) is 29.8 Å². The Morgan fingerprint density at radius 2 is 1.44 bits per heavy atom. The molecule has 0 saturated carbocycles. The topological polar surface area (TPSA) is 54.0 Å². The van der Waals surface area contributed by atoms with Crippen LogP contribution in [0, 0.1) is 0 Å². The third kappa shape index (κ3) is 4.96. The molecule has 0 amide bonds. The summed E-state index contributed by atoms with van der Waals surface area (Å²) in [6.45, 7) is 12.6. The highest BCUT2D eigenvalue weighted by molar-refractivity contribution is 7.53. The third-order valence-corrected chi connectivity index (χ3v) is 6.91. The first-order valence-electron chi connectivity index (χ1n) is 8.95. The van der Waals surface area contributed by atoms with Gasteiger partial charge in [0.25, 0.3) is 0 Å². The van der Waals surface area contributed by atoms with Gasteiger partial charge in [0.05, 0.1) is 30.6 Å². The fourth-order valence-electron chi connectivity index (χ4n) is 2.65. The van der Waals surface area contributed by atoms with Gasteiger partial charge in [-0.3, -0.25) is 4.57 Å². The van der Waals surface area contributed by atoms with Gasteiger partial charge >= 0.3 is 14.7 Å². The Bertz CT molecular complexity index is 588. The average molecular weight is 368 g/mol. The van der Waals surface area contributed by atoms with Crippen molar-refractivity contribution >= 4 is 20.2 Å². The largest absolute Gasteiger partial charge is 0.494 e. The fraction of sp³-hybridized carbons (Fsp3) is 0.667. The molecule has 2 rings (SSSR count). The molecule has 0 aromatic heterocycles. The van der Waals surface area contributed by atoms with Crippen LogP contribution in [-0.2, 0) is 29.3 Å². The van der Waals surface area contributed by atoms with Crippen LogP contribution in [0.15, 0.2) is 24.3 Å². The Balaban J connectivity index is 2.00. The van der Waals surface area contributed by atoms with Crippen molar-refractivity contribution in [1.82, 2.24) is 0 Å². The molecular formula is C18H30BO5P. The van der Waals surface area contributed by atoms with Crippen molar-refractivity contribution in [3.8, 4) is 0 Å². The van der Waals surface area contributed by atoms with Gasteiger partial charge in [-0.25, -0.2) is 0 Å². The molecule has 140 valence electrons. The summed E-state index contributed by atoms with van der Waals surface area (Å²) in [5.41, 5.74) is 1.37. The zero-order valence-corrected chi connectivity index (χ0v) is 17.1. The number of rotatable bonds is 8. The Morgan fingerprint density at radius 1 is 0.960 bits per heavy atom. The normalized spacial score (nSPS) is 19.4. The van der Waals surface area contributed by atoms with Gasteiger partial charge in [0.1, 0.15) is 0 Å². The third-order valence-electron chi connectivity index (χ3n) is 4.83. The predicted molar refractivity (Wildman–Crippen MR) is 102 cm³/mol. The lowest BCUT2D eigenvalue weighted by Crippen LogP contribution is -2.41. The van der Waals surface area contributed by atoms with Crippen LogP contribution in [0.1, 0.15) is 47.1 Å². The maximum absolute atomic E-state index is 12.5. The van der Waals surface area contributed by atoms with Crippen molar-refractivity contribution in [2.75, 3.05) is 19.4 Å². The molecule has 0 spiro atoms. The summed E-state index contributed by atoms with van der Waals surface area (Å²) < 4.78 is 35.3. The lowest BCUT2D eigenvalue weighted by Gasteiger charge is -2.32. The quantitative estimate of drug-likeness (QED) is 0.516. The molecule has 0 N–H and O–H groups in total. The van der Waals surface area contributed by atoms with Crippen LogP contribution in [-0.4, -0.2) is 37.7 Å².